The van der Waals surface area contributed by atoms with E-state index in [-0.39, 0.29) is 40.2 Å². The molecule has 0 unspecified atom stereocenters. The van der Waals surface area contributed by atoms with E-state index in [2.05, 4.69) is 0 Å². The molecule has 5 nitrogen and oxygen atoms in total. The van der Waals surface area contributed by atoms with Crippen LogP contribution >= 0.6 is 0 Å². The zero-order valence-corrected chi connectivity index (χ0v) is 13.0. The lowest BCUT2D eigenvalue weighted by Gasteiger charge is -2.17. The van der Waals surface area contributed by atoms with E-state index in [0.29, 0.717) is 0 Å². The third-order valence-electron chi connectivity index (χ3n) is 3.94. The van der Waals surface area contributed by atoms with Crippen molar-refractivity contribution >= 4 is 16.8 Å². The molecule has 0 radical (unpaired) electrons. The van der Waals surface area contributed by atoms with Crippen LogP contribution < -0.4 is 5.63 Å². The molecule has 5 heteroatoms. The maximum Gasteiger partial charge on any atom is 0.343 e. The fourth-order valence-corrected chi connectivity index (χ4v) is 2.86. The summed E-state index contributed by atoms with van der Waals surface area (Å²) in [5.41, 5.74) is 0.235. The molecule has 122 valence electrons. The number of ketones is 1. The van der Waals surface area contributed by atoms with Crippen molar-refractivity contribution < 1.29 is 19.4 Å². The quantitative estimate of drug-likeness (QED) is 0.719. The highest BCUT2D eigenvalue weighted by Crippen LogP contribution is 2.37. The van der Waals surface area contributed by atoms with E-state index in [1.54, 1.807) is 24.3 Å². The zero-order chi connectivity index (χ0) is 17.3. The number of aromatic hydroxyl groups is 2. The molecule has 0 spiro atoms. The lowest BCUT2D eigenvalue weighted by molar-refractivity contribution is -0.117. The van der Waals surface area contributed by atoms with E-state index < -0.39 is 11.5 Å². The number of carbonyl (C=O) groups is 1. The van der Waals surface area contributed by atoms with Gasteiger partial charge < -0.3 is 14.6 Å². The monoisotopic (exact) mass is 324 g/mol. The lowest BCUT2D eigenvalue weighted by atomic mass is 9.87. The minimum Gasteiger partial charge on any atom is -0.508 e. The molecule has 3 aromatic rings. The van der Waals surface area contributed by atoms with Gasteiger partial charge in [0.15, 0.2) is 0 Å². The average molecular weight is 324 g/mol. The van der Waals surface area contributed by atoms with Crippen LogP contribution in [-0.4, -0.2) is 16.0 Å². The predicted octanol–water partition coefficient (Wildman–Crippen LogP) is 3.32. The van der Waals surface area contributed by atoms with Crippen LogP contribution in [0, 0.1) is 0 Å². The van der Waals surface area contributed by atoms with Crippen molar-refractivity contribution in [2.45, 2.75) is 19.3 Å². The maximum atomic E-state index is 12.4. The Morgan fingerprint density at radius 2 is 1.83 bits per heavy atom. The highest BCUT2D eigenvalue weighted by Gasteiger charge is 2.26. The van der Waals surface area contributed by atoms with Crippen molar-refractivity contribution in [3.05, 3.63) is 70.1 Å². The van der Waals surface area contributed by atoms with Gasteiger partial charge in [-0.3, -0.25) is 4.79 Å². The summed E-state index contributed by atoms with van der Waals surface area (Å²) in [4.78, 5) is 24.1. The minimum atomic E-state index is -0.694. The summed E-state index contributed by atoms with van der Waals surface area (Å²) in [6.07, 6.45) is 0.0622. The molecule has 0 amide bonds. The van der Waals surface area contributed by atoms with E-state index in [4.69, 9.17) is 4.42 Å². The Bertz CT molecular complexity index is 957. The molecule has 3 rings (SSSR count). The van der Waals surface area contributed by atoms with E-state index in [9.17, 15) is 19.8 Å². The first-order valence-electron chi connectivity index (χ1n) is 7.50. The van der Waals surface area contributed by atoms with Gasteiger partial charge in [-0.1, -0.05) is 30.3 Å². The Hall–Kier alpha value is -3.08. The number of fused-ring (bicyclic) bond motifs is 1. The summed E-state index contributed by atoms with van der Waals surface area (Å²) in [6, 6.07) is 13.1. The Balaban J connectivity index is 2.28. The van der Waals surface area contributed by atoms with Crippen LogP contribution in [0.4, 0.5) is 0 Å². The van der Waals surface area contributed by atoms with Gasteiger partial charge in [-0.2, -0.15) is 0 Å². The first kappa shape index (κ1) is 15.8. The van der Waals surface area contributed by atoms with Crippen LogP contribution in [0.15, 0.2) is 57.7 Å². The first-order valence-corrected chi connectivity index (χ1v) is 7.50. The molecule has 1 atom stereocenters. The lowest BCUT2D eigenvalue weighted by Crippen LogP contribution is -2.16. The van der Waals surface area contributed by atoms with Gasteiger partial charge in [-0.25, -0.2) is 4.79 Å². The summed E-state index contributed by atoms with van der Waals surface area (Å²) in [5, 5.41) is 20.5. The Labute approximate surface area is 137 Å². The molecular formula is C19H16O5. The number of phenols is 1. The molecule has 0 aliphatic heterocycles. The van der Waals surface area contributed by atoms with Gasteiger partial charge in [0.1, 0.15) is 22.9 Å². The van der Waals surface area contributed by atoms with Gasteiger partial charge >= 0.3 is 5.63 Å². The second-order valence-corrected chi connectivity index (χ2v) is 5.70. The van der Waals surface area contributed by atoms with Crippen LogP contribution in [0.2, 0.25) is 0 Å². The first-order chi connectivity index (χ1) is 11.5. The molecule has 0 saturated carbocycles. The van der Waals surface area contributed by atoms with E-state index >= 15 is 0 Å². The Morgan fingerprint density at radius 1 is 1.12 bits per heavy atom. The molecule has 24 heavy (non-hydrogen) atoms. The number of benzene rings is 2. The topological polar surface area (TPSA) is 87.7 Å². The Morgan fingerprint density at radius 3 is 2.50 bits per heavy atom. The average Bonchev–Trinajstić information content (AvgIpc) is 2.55. The van der Waals surface area contributed by atoms with Gasteiger partial charge in [0.25, 0.3) is 0 Å². The summed E-state index contributed by atoms with van der Waals surface area (Å²) < 4.78 is 5.27. The molecule has 1 heterocycles. The third kappa shape index (κ3) is 2.88. The maximum absolute atomic E-state index is 12.4. The van der Waals surface area contributed by atoms with E-state index in [1.165, 1.54) is 25.1 Å². The second kappa shape index (κ2) is 6.20. The normalized spacial score (nSPS) is 12.2. The number of hydrogen-bond donors (Lipinski definition) is 2. The number of hydrogen-bond acceptors (Lipinski definition) is 5. The molecular weight excluding hydrogens is 308 g/mol. The molecule has 0 aliphatic carbocycles. The van der Waals surface area contributed by atoms with Gasteiger partial charge in [0.05, 0.1) is 10.9 Å². The van der Waals surface area contributed by atoms with Crippen molar-refractivity contribution in [3.8, 4) is 11.5 Å². The fraction of sp³-hybridized carbons (Fsp3) is 0.158. The van der Waals surface area contributed by atoms with Gasteiger partial charge in [-0.05, 0) is 30.7 Å². The van der Waals surface area contributed by atoms with Crippen LogP contribution in [0.1, 0.15) is 30.4 Å². The third-order valence-corrected chi connectivity index (χ3v) is 3.94. The largest absolute Gasteiger partial charge is 0.508 e. The highest BCUT2D eigenvalue weighted by atomic mass is 16.4. The molecule has 0 bridgehead atoms. The standard InChI is InChI=1S/C19H16O5/c1-11(20)9-14(12-5-3-2-4-6-12)17-18(22)15-10-13(21)7-8-16(15)24-19(17)23/h2-8,10,14,21-22H,9H2,1H3/t14-/m1/s1. The molecule has 0 fully saturated rings. The van der Waals surface area contributed by atoms with Crippen molar-refractivity contribution in [2.75, 3.05) is 0 Å². The predicted molar refractivity (Wildman–Crippen MR) is 89.4 cm³/mol. The van der Waals surface area contributed by atoms with Crippen molar-refractivity contribution in [2.24, 2.45) is 0 Å². The van der Waals surface area contributed by atoms with Gasteiger partial charge in [-0.15, -0.1) is 0 Å². The number of rotatable bonds is 4. The number of Topliss-reactive ketones (excluding diaryl/α,β-unsaturated/α-hetero) is 1. The zero-order valence-electron chi connectivity index (χ0n) is 13.0. The number of carbonyl (C=O) groups excluding carboxylic acids is 1. The van der Waals surface area contributed by atoms with Crippen molar-refractivity contribution in [3.63, 3.8) is 0 Å². The van der Waals surface area contributed by atoms with Crippen LogP contribution in [0.25, 0.3) is 11.0 Å². The SMILES string of the molecule is CC(=O)C[C@H](c1ccccc1)c1c(O)c2cc(O)ccc2oc1=O. The molecule has 2 N–H and O–H groups in total. The Kier molecular flexibility index (Phi) is 4.08. The second-order valence-electron chi connectivity index (χ2n) is 5.70. The van der Waals surface area contributed by atoms with E-state index in [0.717, 1.165) is 5.56 Å². The van der Waals surface area contributed by atoms with Gasteiger partial charge in [0.2, 0.25) is 0 Å². The van der Waals surface area contributed by atoms with Crippen LogP contribution in [-0.2, 0) is 4.79 Å². The molecule has 1 aromatic heterocycles. The van der Waals surface area contributed by atoms with Crippen LogP contribution in [0.3, 0.4) is 0 Å². The van der Waals surface area contributed by atoms with Gasteiger partial charge in [0, 0.05) is 12.3 Å². The van der Waals surface area contributed by atoms with Crippen LogP contribution in [0.5, 0.6) is 11.5 Å². The highest BCUT2D eigenvalue weighted by molar-refractivity contribution is 5.86. The van der Waals surface area contributed by atoms with Crippen molar-refractivity contribution in [1.29, 1.82) is 0 Å². The summed E-state index contributed by atoms with van der Waals surface area (Å²) in [6.45, 7) is 1.43. The minimum absolute atomic E-state index is 0.0227. The molecule has 0 aliphatic rings. The summed E-state index contributed by atoms with van der Waals surface area (Å²) >= 11 is 0. The molecule has 2 aromatic carbocycles. The smallest absolute Gasteiger partial charge is 0.343 e. The fourth-order valence-electron chi connectivity index (χ4n) is 2.86. The summed E-state index contributed by atoms with van der Waals surface area (Å²) in [7, 11) is 0. The summed E-state index contributed by atoms with van der Waals surface area (Å²) in [5.74, 6) is -1.06. The van der Waals surface area contributed by atoms with E-state index in [1.807, 2.05) is 6.07 Å². The molecule has 0 saturated heterocycles. The number of phenolic OH excluding ortho intramolecular Hbond substituents is 1. The van der Waals surface area contributed by atoms with Crippen molar-refractivity contribution in [1.82, 2.24) is 0 Å².